The summed E-state index contributed by atoms with van der Waals surface area (Å²) in [6, 6.07) is 0. The molecule has 0 spiro atoms. The second kappa shape index (κ2) is 6.38. The number of rotatable bonds is 0. The molecule has 8 heavy (non-hydrogen) atoms. The van der Waals surface area contributed by atoms with E-state index in [1.165, 1.54) is 11.5 Å². The summed E-state index contributed by atoms with van der Waals surface area (Å²) in [5.41, 5.74) is 0. The molecule has 0 aromatic carbocycles. The second-order valence-electron chi connectivity index (χ2n) is 0.656. The van der Waals surface area contributed by atoms with Gasteiger partial charge in [-0.3, -0.25) is 0 Å². The molecule has 1 aromatic heterocycles. The number of nitrogens with zero attached hydrogens (tertiary/aromatic N) is 2. The first-order valence-corrected chi connectivity index (χ1v) is 3.05. The highest BCUT2D eigenvalue weighted by atomic mass is 32.1. The maximum Gasteiger partial charge on any atom is 0.335 e. The lowest BCUT2D eigenvalue weighted by molar-refractivity contribution is 0.630. The molecule has 6 heteroatoms. The molecule has 1 rings (SSSR count). The van der Waals surface area contributed by atoms with Gasteiger partial charge in [0.25, 0.3) is 0 Å². The highest BCUT2D eigenvalue weighted by Gasteiger charge is 1.61. The molecule has 0 N–H and O–H groups in total. The lowest BCUT2D eigenvalue weighted by atomic mass is 11.1. The van der Waals surface area contributed by atoms with Crippen molar-refractivity contribution < 1.29 is 8.42 Å². The molecule has 0 saturated heterocycles. The van der Waals surface area contributed by atoms with Crippen molar-refractivity contribution in [3.63, 3.8) is 0 Å². The van der Waals surface area contributed by atoms with Gasteiger partial charge in [0, 0.05) is 5.38 Å². The van der Waals surface area contributed by atoms with E-state index in [-0.39, 0.29) is 0 Å². The molecule has 0 aliphatic rings. The van der Waals surface area contributed by atoms with Gasteiger partial charge in [0.15, 0.2) is 0 Å². The summed E-state index contributed by atoms with van der Waals surface area (Å²) in [4.78, 5) is 0. The van der Waals surface area contributed by atoms with Gasteiger partial charge in [-0.25, -0.2) is 0 Å². The van der Waals surface area contributed by atoms with Crippen molar-refractivity contribution in [2.45, 2.75) is 0 Å². The Hall–Kier alpha value is -0.620. The fourth-order valence-corrected chi connectivity index (χ4v) is 0.408. The van der Waals surface area contributed by atoms with Crippen LogP contribution in [0.25, 0.3) is 0 Å². The summed E-state index contributed by atoms with van der Waals surface area (Å²) < 4.78 is 20.1. The van der Waals surface area contributed by atoms with E-state index in [1.807, 2.05) is 5.38 Å². The second-order valence-corrected chi connectivity index (χ2v) is 1.44. The van der Waals surface area contributed by atoms with Crippen LogP contribution in [0.15, 0.2) is 11.6 Å². The topological polar surface area (TPSA) is 59.9 Å². The fourth-order valence-electron chi connectivity index (χ4n) is 0.136. The number of hydrogen-bond donors (Lipinski definition) is 0. The lowest BCUT2D eigenvalue weighted by Crippen LogP contribution is -1.51. The molecule has 0 atom stereocenters. The van der Waals surface area contributed by atoms with E-state index in [0.717, 1.165) is 0 Å². The summed E-state index contributed by atoms with van der Waals surface area (Å²) in [5, 5.41) is 5.31. The predicted octanol–water partition coefficient (Wildman–Crippen LogP) is -0.132. The van der Waals surface area contributed by atoms with Crippen molar-refractivity contribution in [1.82, 2.24) is 9.59 Å². The van der Waals surface area contributed by atoms with E-state index in [9.17, 15) is 0 Å². The quantitative estimate of drug-likeness (QED) is 0.516. The Balaban J connectivity index is 0.000000145. The molecule has 0 radical (unpaired) electrons. The fraction of sp³-hybridized carbons (Fsp3) is 0. The molecule has 0 amide bonds. The Morgan fingerprint density at radius 1 is 1.50 bits per heavy atom. The van der Waals surface area contributed by atoms with Gasteiger partial charge in [0.1, 0.15) is 0 Å². The van der Waals surface area contributed by atoms with E-state index in [0.29, 0.717) is 0 Å². The maximum atomic E-state index is 8.29. The van der Waals surface area contributed by atoms with E-state index in [1.54, 1.807) is 6.20 Å². The van der Waals surface area contributed by atoms with Crippen LogP contribution in [0.1, 0.15) is 0 Å². The van der Waals surface area contributed by atoms with Gasteiger partial charge >= 0.3 is 11.6 Å². The Morgan fingerprint density at radius 3 is 2.25 bits per heavy atom. The number of hydrogen-bond acceptors (Lipinski definition) is 5. The van der Waals surface area contributed by atoms with E-state index >= 15 is 0 Å². The van der Waals surface area contributed by atoms with Crippen molar-refractivity contribution in [2.75, 3.05) is 0 Å². The van der Waals surface area contributed by atoms with Gasteiger partial charge in [-0.05, 0) is 11.5 Å². The first-order chi connectivity index (χ1) is 3.91. The minimum atomic E-state index is -0.750. The zero-order valence-electron chi connectivity index (χ0n) is 3.68. The third-order valence-corrected chi connectivity index (χ3v) is 0.715. The molecule has 0 aliphatic carbocycles. The van der Waals surface area contributed by atoms with Crippen LogP contribution in [0, 0.1) is 0 Å². The SMILES string of the molecule is O=S=O.c1csnn1. The van der Waals surface area contributed by atoms with Gasteiger partial charge in [-0.2, -0.15) is 8.42 Å². The molecule has 44 valence electrons. The largest absolute Gasteiger partial charge is 0.335 e. The van der Waals surface area contributed by atoms with Crippen molar-refractivity contribution in [3.8, 4) is 0 Å². The average molecular weight is 150 g/mol. The predicted molar refractivity (Wildman–Crippen MR) is 28.8 cm³/mol. The lowest BCUT2D eigenvalue weighted by Gasteiger charge is -1.40. The van der Waals surface area contributed by atoms with E-state index in [2.05, 4.69) is 9.59 Å². The Labute approximate surface area is 53.3 Å². The van der Waals surface area contributed by atoms with E-state index < -0.39 is 11.6 Å². The van der Waals surface area contributed by atoms with Gasteiger partial charge < -0.3 is 0 Å². The summed E-state index contributed by atoms with van der Waals surface area (Å²) in [6.07, 6.45) is 1.66. The average Bonchev–Trinajstić information content (AvgIpc) is 2.17. The number of aromatic nitrogens is 2. The summed E-state index contributed by atoms with van der Waals surface area (Å²) in [6.45, 7) is 0. The molecule has 0 saturated carbocycles. The molecule has 0 unspecified atom stereocenters. The Morgan fingerprint density at radius 2 is 2.12 bits per heavy atom. The standard InChI is InChI=1S/C2H2N2S.O2S/c1-2-5-4-3-1;1-3-2/h1-2H;. The van der Waals surface area contributed by atoms with Gasteiger partial charge in [-0.1, -0.05) is 4.49 Å². The molecule has 0 aliphatic heterocycles. The van der Waals surface area contributed by atoms with Gasteiger partial charge in [0.05, 0.1) is 6.20 Å². The van der Waals surface area contributed by atoms with Gasteiger partial charge in [-0.15, -0.1) is 5.10 Å². The van der Waals surface area contributed by atoms with Gasteiger partial charge in [0.2, 0.25) is 0 Å². The summed E-state index contributed by atoms with van der Waals surface area (Å²) in [7, 11) is 0. The molecule has 0 fully saturated rings. The summed E-state index contributed by atoms with van der Waals surface area (Å²) in [5.74, 6) is 0. The third kappa shape index (κ3) is 5.38. The normalized spacial score (nSPS) is 6.50. The Bertz CT molecular complexity index is 128. The highest BCUT2D eigenvalue weighted by molar-refractivity contribution is 7.51. The minimum Gasteiger partial charge on any atom is -0.168 e. The van der Waals surface area contributed by atoms with Crippen LogP contribution in [0.3, 0.4) is 0 Å². The van der Waals surface area contributed by atoms with Crippen LogP contribution in [0.2, 0.25) is 0 Å². The Kier molecular flexibility index (Phi) is 5.89. The molecule has 1 aromatic rings. The smallest absolute Gasteiger partial charge is 0.168 e. The van der Waals surface area contributed by atoms with Crippen molar-refractivity contribution in [1.29, 1.82) is 0 Å². The van der Waals surface area contributed by atoms with Crippen molar-refractivity contribution >= 4 is 23.1 Å². The van der Waals surface area contributed by atoms with Crippen LogP contribution in [-0.2, 0) is 11.6 Å². The maximum absolute atomic E-state index is 8.29. The van der Waals surface area contributed by atoms with Crippen LogP contribution in [0.4, 0.5) is 0 Å². The third-order valence-electron chi connectivity index (χ3n) is 0.283. The molecule has 0 bridgehead atoms. The van der Waals surface area contributed by atoms with Crippen LogP contribution >= 0.6 is 11.5 Å². The first kappa shape index (κ1) is 7.38. The van der Waals surface area contributed by atoms with Crippen molar-refractivity contribution in [3.05, 3.63) is 11.6 Å². The zero-order valence-corrected chi connectivity index (χ0v) is 5.32. The minimum absolute atomic E-state index is 0.750. The van der Waals surface area contributed by atoms with Crippen LogP contribution in [-0.4, -0.2) is 18.0 Å². The van der Waals surface area contributed by atoms with Crippen LogP contribution < -0.4 is 0 Å². The molecular formula is C2H2N2O2S2. The van der Waals surface area contributed by atoms with E-state index in [4.69, 9.17) is 8.42 Å². The zero-order chi connectivity index (χ0) is 6.24. The van der Waals surface area contributed by atoms with Crippen LogP contribution in [0.5, 0.6) is 0 Å². The summed E-state index contributed by atoms with van der Waals surface area (Å²) >= 11 is 0.602. The molecule has 1 heterocycles. The monoisotopic (exact) mass is 150 g/mol. The molecule has 4 nitrogen and oxygen atoms in total. The first-order valence-electron chi connectivity index (χ1n) is 1.54. The van der Waals surface area contributed by atoms with Crippen molar-refractivity contribution in [2.24, 2.45) is 0 Å². The highest BCUT2D eigenvalue weighted by Crippen LogP contribution is 1.78. The molecular weight excluding hydrogens is 148 g/mol.